The van der Waals surface area contributed by atoms with Gasteiger partial charge in [-0.05, 0) is 60.9 Å². The summed E-state index contributed by atoms with van der Waals surface area (Å²) >= 11 is 5.98. The highest BCUT2D eigenvalue weighted by Crippen LogP contribution is 2.30. The van der Waals surface area contributed by atoms with Gasteiger partial charge in [-0.25, -0.2) is 9.37 Å². The van der Waals surface area contributed by atoms with Crippen molar-refractivity contribution in [3.8, 4) is 0 Å². The van der Waals surface area contributed by atoms with Crippen LogP contribution in [0, 0.1) is 19.7 Å². The van der Waals surface area contributed by atoms with Gasteiger partial charge in [0.05, 0.1) is 5.52 Å². The molecule has 0 spiro atoms. The SMILES string of the molecule is Cc1c(C)n(Cc2ccc(F)cc2)c2c(NCc3ccc(Cl)cc3)nccc12. The lowest BCUT2D eigenvalue weighted by molar-refractivity contribution is 0.626. The smallest absolute Gasteiger partial charge is 0.150 e. The van der Waals surface area contributed by atoms with Gasteiger partial charge in [-0.15, -0.1) is 0 Å². The van der Waals surface area contributed by atoms with Gasteiger partial charge in [0, 0.05) is 35.4 Å². The summed E-state index contributed by atoms with van der Waals surface area (Å²) in [6.45, 7) is 5.56. The molecule has 0 aliphatic heterocycles. The number of aryl methyl sites for hydroxylation is 1. The summed E-state index contributed by atoms with van der Waals surface area (Å²) < 4.78 is 15.5. The van der Waals surface area contributed by atoms with E-state index in [4.69, 9.17) is 11.6 Å². The van der Waals surface area contributed by atoms with Gasteiger partial charge in [-0.1, -0.05) is 35.9 Å². The van der Waals surface area contributed by atoms with Crippen LogP contribution >= 0.6 is 11.6 Å². The molecule has 0 bridgehead atoms. The third-order valence-electron chi connectivity index (χ3n) is 5.17. The van der Waals surface area contributed by atoms with Crippen molar-refractivity contribution in [1.82, 2.24) is 9.55 Å². The number of nitrogens with zero attached hydrogens (tertiary/aromatic N) is 2. The first-order valence-electron chi connectivity index (χ1n) is 9.20. The second-order valence-corrected chi connectivity index (χ2v) is 7.40. The van der Waals surface area contributed by atoms with E-state index >= 15 is 0 Å². The highest BCUT2D eigenvalue weighted by molar-refractivity contribution is 6.30. The average molecular weight is 394 g/mol. The highest BCUT2D eigenvalue weighted by atomic mass is 35.5. The van der Waals surface area contributed by atoms with Crippen molar-refractivity contribution < 1.29 is 4.39 Å². The van der Waals surface area contributed by atoms with Crippen molar-refractivity contribution in [3.63, 3.8) is 0 Å². The minimum absolute atomic E-state index is 0.221. The van der Waals surface area contributed by atoms with Crippen LogP contribution in [0.5, 0.6) is 0 Å². The van der Waals surface area contributed by atoms with E-state index < -0.39 is 0 Å². The minimum Gasteiger partial charge on any atom is -0.364 e. The van der Waals surface area contributed by atoms with Crippen LogP contribution in [0.1, 0.15) is 22.4 Å². The van der Waals surface area contributed by atoms with Crippen molar-refractivity contribution in [2.45, 2.75) is 26.9 Å². The molecule has 28 heavy (non-hydrogen) atoms. The quantitative estimate of drug-likeness (QED) is 0.443. The molecule has 0 aliphatic rings. The molecule has 0 saturated heterocycles. The van der Waals surface area contributed by atoms with Crippen LogP contribution < -0.4 is 5.32 Å². The maximum absolute atomic E-state index is 13.3. The topological polar surface area (TPSA) is 29.9 Å². The van der Waals surface area contributed by atoms with E-state index in [9.17, 15) is 4.39 Å². The van der Waals surface area contributed by atoms with E-state index in [2.05, 4.69) is 28.7 Å². The Kier molecular flexibility index (Phi) is 5.05. The van der Waals surface area contributed by atoms with Crippen molar-refractivity contribution >= 4 is 28.3 Å². The van der Waals surface area contributed by atoms with E-state index in [1.165, 1.54) is 28.8 Å². The summed E-state index contributed by atoms with van der Waals surface area (Å²) in [5.41, 5.74) is 5.66. The lowest BCUT2D eigenvalue weighted by Gasteiger charge is -2.13. The molecule has 4 rings (SSSR count). The van der Waals surface area contributed by atoms with E-state index in [0.717, 1.165) is 27.5 Å². The number of hydrogen-bond acceptors (Lipinski definition) is 2. The van der Waals surface area contributed by atoms with E-state index in [-0.39, 0.29) is 5.82 Å². The molecule has 3 nitrogen and oxygen atoms in total. The maximum Gasteiger partial charge on any atom is 0.150 e. The average Bonchev–Trinajstić information content (AvgIpc) is 2.95. The zero-order chi connectivity index (χ0) is 19.7. The van der Waals surface area contributed by atoms with Gasteiger partial charge in [-0.3, -0.25) is 0 Å². The molecule has 142 valence electrons. The molecular weight excluding hydrogens is 373 g/mol. The number of aromatic nitrogens is 2. The van der Waals surface area contributed by atoms with Crippen LogP contribution in [0.4, 0.5) is 10.2 Å². The van der Waals surface area contributed by atoms with Gasteiger partial charge in [-0.2, -0.15) is 0 Å². The summed E-state index contributed by atoms with van der Waals surface area (Å²) in [5.74, 6) is 0.617. The van der Waals surface area contributed by atoms with Crippen LogP contribution in [0.15, 0.2) is 60.8 Å². The summed E-state index contributed by atoms with van der Waals surface area (Å²) in [5, 5.41) is 5.36. The molecule has 0 radical (unpaired) electrons. The van der Waals surface area contributed by atoms with Gasteiger partial charge in [0.2, 0.25) is 0 Å². The largest absolute Gasteiger partial charge is 0.364 e. The van der Waals surface area contributed by atoms with Crippen LogP contribution in [0.3, 0.4) is 0 Å². The van der Waals surface area contributed by atoms with Crippen LogP contribution in [-0.2, 0) is 13.1 Å². The predicted molar refractivity (Wildman–Crippen MR) is 113 cm³/mol. The number of benzene rings is 2. The van der Waals surface area contributed by atoms with Gasteiger partial charge in [0.1, 0.15) is 5.82 Å². The number of anilines is 1. The van der Waals surface area contributed by atoms with Crippen molar-refractivity contribution in [2.75, 3.05) is 5.32 Å². The molecule has 0 atom stereocenters. The Hall–Kier alpha value is -2.85. The van der Waals surface area contributed by atoms with Gasteiger partial charge in [0.25, 0.3) is 0 Å². The Morgan fingerprint density at radius 2 is 1.64 bits per heavy atom. The summed E-state index contributed by atoms with van der Waals surface area (Å²) in [6.07, 6.45) is 1.83. The number of rotatable bonds is 5. The summed E-state index contributed by atoms with van der Waals surface area (Å²) in [7, 11) is 0. The molecule has 4 aromatic rings. The Morgan fingerprint density at radius 1 is 0.964 bits per heavy atom. The monoisotopic (exact) mass is 393 g/mol. The van der Waals surface area contributed by atoms with Crippen LogP contribution in [-0.4, -0.2) is 9.55 Å². The fourth-order valence-corrected chi connectivity index (χ4v) is 3.61. The minimum atomic E-state index is -0.221. The Morgan fingerprint density at radius 3 is 2.36 bits per heavy atom. The fraction of sp³-hybridized carbons (Fsp3) is 0.174. The zero-order valence-corrected chi connectivity index (χ0v) is 16.6. The third kappa shape index (κ3) is 3.60. The summed E-state index contributed by atoms with van der Waals surface area (Å²) in [4.78, 5) is 4.59. The zero-order valence-electron chi connectivity index (χ0n) is 15.8. The van der Waals surface area contributed by atoms with Crippen LogP contribution in [0.2, 0.25) is 5.02 Å². The normalized spacial score (nSPS) is 11.1. The first-order valence-corrected chi connectivity index (χ1v) is 9.58. The molecule has 2 heterocycles. The molecule has 2 aromatic heterocycles. The molecule has 0 amide bonds. The van der Waals surface area contributed by atoms with Gasteiger partial charge in [0.15, 0.2) is 5.82 Å². The second kappa shape index (κ2) is 7.64. The Bertz CT molecular complexity index is 1120. The standard InChI is InChI=1S/C23H21ClFN3/c1-15-16(2)28(14-18-5-9-20(25)10-6-18)22-21(15)11-12-26-23(22)27-13-17-3-7-19(24)8-4-17/h3-12H,13-14H2,1-2H3,(H,26,27). The van der Waals surface area contributed by atoms with E-state index in [1.54, 1.807) is 0 Å². The summed E-state index contributed by atoms with van der Waals surface area (Å²) in [6, 6.07) is 16.5. The third-order valence-corrected chi connectivity index (χ3v) is 5.42. The molecule has 0 fully saturated rings. The maximum atomic E-state index is 13.3. The Labute approximate surface area is 168 Å². The van der Waals surface area contributed by atoms with Gasteiger partial charge >= 0.3 is 0 Å². The van der Waals surface area contributed by atoms with Crippen molar-refractivity contribution in [1.29, 1.82) is 0 Å². The first-order chi connectivity index (χ1) is 13.5. The van der Waals surface area contributed by atoms with Gasteiger partial charge < -0.3 is 9.88 Å². The molecule has 2 aromatic carbocycles. The lowest BCUT2D eigenvalue weighted by atomic mass is 10.2. The van der Waals surface area contributed by atoms with Crippen molar-refractivity contribution in [2.24, 2.45) is 0 Å². The number of pyridine rings is 1. The van der Waals surface area contributed by atoms with Crippen molar-refractivity contribution in [3.05, 3.63) is 94.0 Å². The second-order valence-electron chi connectivity index (χ2n) is 6.96. The van der Waals surface area contributed by atoms with E-state index in [1.807, 2.05) is 48.7 Å². The number of halogens is 2. The molecular formula is C23H21ClFN3. The lowest BCUT2D eigenvalue weighted by Crippen LogP contribution is -2.07. The van der Waals surface area contributed by atoms with E-state index in [0.29, 0.717) is 13.1 Å². The fourth-order valence-electron chi connectivity index (χ4n) is 3.48. The molecule has 1 N–H and O–H groups in total. The number of fused-ring (bicyclic) bond motifs is 1. The van der Waals surface area contributed by atoms with Crippen LogP contribution in [0.25, 0.3) is 10.9 Å². The molecule has 0 unspecified atom stereocenters. The molecule has 0 saturated carbocycles. The molecule has 0 aliphatic carbocycles. The number of nitrogens with one attached hydrogen (secondary N) is 1. The first kappa shape index (κ1) is 18.5. The highest BCUT2D eigenvalue weighted by Gasteiger charge is 2.15. The predicted octanol–water partition coefficient (Wildman–Crippen LogP) is 6.11. The Balaban J connectivity index is 1.71. The molecule has 5 heteroatoms. The number of hydrogen-bond donors (Lipinski definition) is 1.